The van der Waals surface area contributed by atoms with Gasteiger partial charge in [0.2, 0.25) is 0 Å². The Labute approximate surface area is 119 Å². The van der Waals surface area contributed by atoms with Gasteiger partial charge in [0.25, 0.3) is 0 Å². The summed E-state index contributed by atoms with van der Waals surface area (Å²) in [6.45, 7) is 9.96. The number of nitrogens with zero attached hydrogens (tertiary/aromatic N) is 1. The predicted octanol–water partition coefficient (Wildman–Crippen LogP) is 4.39. The van der Waals surface area contributed by atoms with Crippen LogP contribution in [-0.4, -0.2) is 16.7 Å². The second kappa shape index (κ2) is 5.00. The van der Waals surface area contributed by atoms with Crippen molar-refractivity contribution < 1.29 is 4.74 Å². The SMILES string of the molecule is COc1ccc2[nH]c(=S)n(CC(C)C(C)(C)C)c2c1. The van der Waals surface area contributed by atoms with Gasteiger partial charge in [-0.15, -0.1) is 0 Å². The van der Waals surface area contributed by atoms with Crippen LogP contribution in [0, 0.1) is 16.1 Å². The monoisotopic (exact) mass is 278 g/mol. The Hall–Kier alpha value is -1.29. The molecular formula is C15H22N2OS. The van der Waals surface area contributed by atoms with E-state index in [1.165, 1.54) is 0 Å². The summed E-state index contributed by atoms with van der Waals surface area (Å²) in [7, 11) is 1.69. The number of hydrogen-bond donors (Lipinski definition) is 1. The molecule has 19 heavy (non-hydrogen) atoms. The first-order valence-electron chi connectivity index (χ1n) is 6.59. The average molecular weight is 278 g/mol. The minimum absolute atomic E-state index is 0.261. The number of nitrogens with one attached hydrogen (secondary N) is 1. The summed E-state index contributed by atoms with van der Waals surface area (Å²) in [5, 5.41) is 0. The lowest BCUT2D eigenvalue weighted by atomic mass is 9.82. The Bertz CT molecular complexity index is 634. The maximum atomic E-state index is 5.44. The van der Waals surface area contributed by atoms with Crippen molar-refractivity contribution in [3.63, 3.8) is 0 Å². The van der Waals surface area contributed by atoms with Gasteiger partial charge in [0.15, 0.2) is 4.77 Å². The molecular weight excluding hydrogens is 256 g/mol. The standard InChI is InChI=1S/C15H22N2OS/c1-10(15(2,3)4)9-17-13-8-11(18-5)6-7-12(13)16-14(17)19/h6-8,10H,9H2,1-5H3,(H,16,19). The van der Waals surface area contributed by atoms with Crippen molar-refractivity contribution >= 4 is 23.3 Å². The van der Waals surface area contributed by atoms with Crippen molar-refractivity contribution in [3.05, 3.63) is 23.0 Å². The number of benzene rings is 1. The van der Waals surface area contributed by atoms with Crippen molar-refractivity contribution in [3.8, 4) is 5.75 Å². The summed E-state index contributed by atoms with van der Waals surface area (Å²) >= 11 is 5.44. The molecule has 4 heteroatoms. The van der Waals surface area contributed by atoms with Crippen molar-refractivity contribution in [2.24, 2.45) is 11.3 Å². The van der Waals surface area contributed by atoms with Gasteiger partial charge in [0.1, 0.15) is 5.75 Å². The number of aromatic amines is 1. The Kier molecular flexibility index (Phi) is 3.72. The highest BCUT2D eigenvalue weighted by Gasteiger charge is 2.21. The van der Waals surface area contributed by atoms with E-state index in [-0.39, 0.29) is 5.41 Å². The molecule has 0 bridgehead atoms. The van der Waals surface area contributed by atoms with Crippen LogP contribution in [-0.2, 0) is 6.54 Å². The van der Waals surface area contributed by atoms with Gasteiger partial charge in [0.05, 0.1) is 18.1 Å². The molecule has 1 heterocycles. The second-order valence-corrected chi connectivity index (χ2v) is 6.58. The summed E-state index contributed by atoms with van der Waals surface area (Å²) in [4.78, 5) is 3.26. The molecule has 0 saturated heterocycles. The van der Waals surface area contributed by atoms with Gasteiger partial charge in [-0.2, -0.15) is 0 Å². The minimum atomic E-state index is 0.261. The van der Waals surface area contributed by atoms with Crippen molar-refractivity contribution in [1.29, 1.82) is 0 Å². The van der Waals surface area contributed by atoms with Crippen molar-refractivity contribution in [2.45, 2.75) is 34.2 Å². The lowest BCUT2D eigenvalue weighted by Gasteiger charge is -2.27. The number of fused-ring (bicyclic) bond motifs is 1. The van der Waals surface area contributed by atoms with Crippen LogP contribution in [0.3, 0.4) is 0 Å². The van der Waals surface area contributed by atoms with Gasteiger partial charge in [0, 0.05) is 12.6 Å². The fourth-order valence-electron chi connectivity index (χ4n) is 1.99. The quantitative estimate of drug-likeness (QED) is 0.844. The Morgan fingerprint density at radius 1 is 1.37 bits per heavy atom. The number of ether oxygens (including phenoxy) is 1. The third kappa shape index (κ3) is 2.84. The van der Waals surface area contributed by atoms with Crippen molar-refractivity contribution in [2.75, 3.05) is 7.11 Å². The van der Waals surface area contributed by atoms with Crippen molar-refractivity contribution in [1.82, 2.24) is 9.55 Å². The predicted molar refractivity (Wildman–Crippen MR) is 82.3 cm³/mol. The molecule has 1 atom stereocenters. The largest absolute Gasteiger partial charge is 0.497 e. The van der Waals surface area contributed by atoms with E-state index in [0.717, 1.165) is 28.1 Å². The molecule has 0 fully saturated rings. The summed E-state index contributed by atoms with van der Waals surface area (Å²) in [5.41, 5.74) is 2.43. The van der Waals surface area contributed by atoms with E-state index in [4.69, 9.17) is 17.0 Å². The van der Waals surface area contributed by atoms with E-state index in [1.807, 2.05) is 18.2 Å². The van der Waals surface area contributed by atoms with Crippen LogP contribution in [0.5, 0.6) is 5.75 Å². The Morgan fingerprint density at radius 3 is 2.63 bits per heavy atom. The van der Waals surface area contributed by atoms with Crippen LogP contribution in [0.1, 0.15) is 27.7 Å². The first kappa shape index (κ1) is 14.1. The van der Waals surface area contributed by atoms with Crippen LogP contribution in [0.25, 0.3) is 11.0 Å². The van der Waals surface area contributed by atoms with Gasteiger partial charge >= 0.3 is 0 Å². The summed E-state index contributed by atoms with van der Waals surface area (Å²) in [6, 6.07) is 6.00. The molecule has 0 spiro atoms. The molecule has 0 amide bonds. The molecule has 1 aromatic carbocycles. The van der Waals surface area contributed by atoms with E-state index in [9.17, 15) is 0 Å². The van der Waals surface area contributed by atoms with Crippen LogP contribution in [0.4, 0.5) is 0 Å². The minimum Gasteiger partial charge on any atom is -0.497 e. The summed E-state index contributed by atoms with van der Waals surface area (Å²) in [5.74, 6) is 1.39. The smallest absolute Gasteiger partial charge is 0.178 e. The fourth-order valence-corrected chi connectivity index (χ4v) is 2.27. The van der Waals surface area contributed by atoms with E-state index in [2.05, 4.69) is 37.2 Å². The maximum Gasteiger partial charge on any atom is 0.178 e. The molecule has 1 N–H and O–H groups in total. The molecule has 1 aromatic heterocycles. The molecule has 0 aliphatic rings. The van der Waals surface area contributed by atoms with Gasteiger partial charge < -0.3 is 14.3 Å². The lowest BCUT2D eigenvalue weighted by molar-refractivity contribution is 0.234. The van der Waals surface area contributed by atoms with Crippen LogP contribution in [0.2, 0.25) is 0 Å². The maximum absolute atomic E-state index is 5.44. The number of hydrogen-bond acceptors (Lipinski definition) is 2. The first-order valence-corrected chi connectivity index (χ1v) is 7.00. The zero-order valence-corrected chi connectivity index (χ0v) is 13.1. The molecule has 2 aromatic rings. The number of methoxy groups -OCH3 is 1. The van der Waals surface area contributed by atoms with Gasteiger partial charge in [-0.1, -0.05) is 27.7 Å². The highest BCUT2D eigenvalue weighted by molar-refractivity contribution is 7.71. The van der Waals surface area contributed by atoms with E-state index >= 15 is 0 Å². The Balaban J connectivity index is 2.47. The second-order valence-electron chi connectivity index (χ2n) is 6.19. The van der Waals surface area contributed by atoms with E-state index < -0.39 is 0 Å². The van der Waals surface area contributed by atoms with Crippen LogP contribution in [0.15, 0.2) is 18.2 Å². The van der Waals surface area contributed by atoms with Gasteiger partial charge in [-0.3, -0.25) is 0 Å². The van der Waals surface area contributed by atoms with E-state index in [0.29, 0.717) is 5.92 Å². The lowest BCUT2D eigenvalue weighted by Crippen LogP contribution is -2.22. The molecule has 104 valence electrons. The van der Waals surface area contributed by atoms with Crippen LogP contribution >= 0.6 is 12.2 Å². The fraction of sp³-hybridized carbons (Fsp3) is 0.533. The Morgan fingerprint density at radius 2 is 2.05 bits per heavy atom. The van der Waals surface area contributed by atoms with Crippen LogP contribution < -0.4 is 4.74 Å². The number of rotatable bonds is 3. The average Bonchev–Trinajstić information content (AvgIpc) is 2.64. The zero-order chi connectivity index (χ0) is 14.2. The van der Waals surface area contributed by atoms with E-state index in [1.54, 1.807) is 7.11 Å². The number of imidazole rings is 1. The van der Waals surface area contributed by atoms with Gasteiger partial charge in [-0.25, -0.2) is 0 Å². The zero-order valence-electron chi connectivity index (χ0n) is 12.3. The highest BCUT2D eigenvalue weighted by atomic mass is 32.1. The highest BCUT2D eigenvalue weighted by Crippen LogP contribution is 2.29. The summed E-state index contributed by atoms with van der Waals surface area (Å²) < 4.78 is 8.24. The third-order valence-corrected chi connectivity index (χ3v) is 4.24. The molecule has 2 rings (SSSR count). The molecule has 1 unspecified atom stereocenters. The molecule has 0 radical (unpaired) electrons. The summed E-state index contributed by atoms with van der Waals surface area (Å²) in [6.07, 6.45) is 0. The molecule has 0 aliphatic carbocycles. The molecule has 0 aliphatic heterocycles. The first-order chi connectivity index (χ1) is 8.82. The third-order valence-electron chi connectivity index (χ3n) is 3.92. The normalized spacial score (nSPS) is 13.7. The molecule has 0 saturated carbocycles. The topological polar surface area (TPSA) is 29.9 Å². The van der Waals surface area contributed by atoms with Gasteiger partial charge in [-0.05, 0) is 35.7 Å². The number of aromatic nitrogens is 2. The number of H-pyrrole nitrogens is 1. The molecule has 3 nitrogen and oxygen atoms in total.